The molecular formula is C12H16N4O4. The van der Waals surface area contributed by atoms with Crippen molar-refractivity contribution in [2.75, 3.05) is 25.1 Å². The molecule has 1 unspecified atom stereocenters. The monoisotopic (exact) mass is 280 g/mol. The maximum atomic E-state index is 11.9. The van der Waals surface area contributed by atoms with E-state index >= 15 is 0 Å². The fourth-order valence-corrected chi connectivity index (χ4v) is 2.13. The number of hydrogen-bond acceptors (Lipinski definition) is 6. The number of aryl methyl sites for hydroxylation is 1. The highest BCUT2D eigenvalue weighted by molar-refractivity contribution is 5.90. The Hall–Kier alpha value is -2.38. The maximum Gasteiger partial charge on any atom is 0.305 e. The summed E-state index contributed by atoms with van der Waals surface area (Å²) in [4.78, 5) is 32.8. The fraction of sp³-hybridized carbons (Fsp3) is 0.500. The highest BCUT2D eigenvalue weighted by Gasteiger charge is 2.32. The zero-order valence-corrected chi connectivity index (χ0v) is 11.3. The lowest BCUT2D eigenvalue weighted by molar-refractivity contribution is -0.139. The largest absolute Gasteiger partial charge is 0.481 e. The van der Waals surface area contributed by atoms with Crippen LogP contribution in [0, 0.1) is 6.92 Å². The predicted molar refractivity (Wildman–Crippen MR) is 69.7 cm³/mol. The number of nitrogens with zero attached hydrogens (tertiary/aromatic N) is 3. The number of nitrogens with one attached hydrogen (secondary N) is 1. The average molecular weight is 280 g/mol. The van der Waals surface area contributed by atoms with Crippen molar-refractivity contribution in [1.29, 1.82) is 0 Å². The Labute approximate surface area is 115 Å². The van der Waals surface area contributed by atoms with E-state index < -0.39 is 12.0 Å². The molecule has 8 nitrogen and oxygen atoms in total. The van der Waals surface area contributed by atoms with Gasteiger partial charge >= 0.3 is 5.97 Å². The summed E-state index contributed by atoms with van der Waals surface area (Å²) in [5.74, 6) is 0.0334. The van der Waals surface area contributed by atoms with Crippen molar-refractivity contribution in [1.82, 2.24) is 15.3 Å². The van der Waals surface area contributed by atoms with E-state index in [0.29, 0.717) is 30.6 Å². The Balaban J connectivity index is 2.34. The van der Waals surface area contributed by atoms with Crippen LogP contribution in [0.2, 0.25) is 0 Å². The molecule has 1 aliphatic heterocycles. The molecule has 1 saturated heterocycles. The molecule has 2 heterocycles. The van der Waals surface area contributed by atoms with Crippen LogP contribution in [0.25, 0.3) is 0 Å². The van der Waals surface area contributed by atoms with Crippen molar-refractivity contribution in [3.8, 4) is 5.88 Å². The van der Waals surface area contributed by atoms with Gasteiger partial charge in [-0.3, -0.25) is 9.59 Å². The molecule has 1 fully saturated rings. The van der Waals surface area contributed by atoms with Gasteiger partial charge in [-0.15, -0.1) is 0 Å². The van der Waals surface area contributed by atoms with E-state index in [2.05, 4.69) is 15.3 Å². The van der Waals surface area contributed by atoms with Gasteiger partial charge in [0.05, 0.1) is 13.5 Å². The van der Waals surface area contributed by atoms with Crippen LogP contribution in [0.15, 0.2) is 6.07 Å². The molecule has 2 N–H and O–H groups in total. The first kappa shape index (κ1) is 14.0. The first-order chi connectivity index (χ1) is 9.51. The lowest BCUT2D eigenvalue weighted by atomic mass is 10.1. The zero-order chi connectivity index (χ0) is 14.7. The van der Waals surface area contributed by atoms with Crippen LogP contribution in [0.4, 0.5) is 5.82 Å². The number of aromatic nitrogens is 2. The van der Waals surface area contributed by atoms with E-state index in [1.807, 2.05) is 0 Å². The molecule has 0 bridgehead atoms. The third-order valence-corrected chi connectivity index (χ3v) is 3.00. The minimum absolute atomic E-state index is 0.281. The van der Waals surface area contributed by atoms with Gasteiger partial charge in [-0.05, 0) is 6.92 Å². The number of amides is 1. The summed E-state index contributed by atoms with van der Waals surface area (Å²) in [5, 5.41) is 11.6. The number of anilines is 1. The van der Waals surface area contributed by atoms with Crippen LogP contribution in [0.1, 0.15) is 12.2 Å². The lowest BCUT2D eigenvalue weighted by Crippen LogP contribution is -2.56. The molecule has 0 radical (unpaired) electrons. The van der Waals surface area contributed by atoms with Crippen LogP contribution in [0.5, 0.6) is 5.88 Å². The quantitative estimate of drug-likeness (QED) is 0.771. The number of carboxylic acids is 1. The second-order valence-electron chi connectivity index (χ2n) is 4.41. The number of ether oxygens (including phenoxy) is 1. The Morgan fingerprint density at radius 1 is 1.60 bits per heavy atom. The number of rotatable bonds is 4. The van der Waals surface area contributed by atoms with Crippen molar-refractivity contribution in [3.63, 3.8) is 0 Å². The highest BCUT2D eigenvalue weighted by atomic mass is 16.5. The molecule has 1 aromatic heterocycles. The molecule has 0 spiro atoms. The number of hydrogen-bond donors (Lipinski definition) is 2. The number of aliphatic carboxylic acids is 1. The van der Waals surface area contributed by atoms with Gasteiger partial charge in [0.15, 0.2) is 0 Å². The molecule has 1 aliphatic rings. The van der Waals surface area contributed by atoms with Crippen molar-refractivity contribution < 1.29 is 19.4 Å². The van der Waals surface area contributed by atoms with Crippen LogP contribution in [-0.2, 0) is 9.59 Å². The first-order valence-electron chi connectivity index (χ1n) is 6.17. The van der Waals surface area contributed by atoms with Gasteiger partial charge < -0.3 is 20.1 Å². The summed E-state index contributed by atoms with van der Waals surface area (Å²) < 4.78 is 5.08. The van der Waals surface area contributed by atoms with Gasteiger partial charge in [0.25, 0.3) is 0 Å². The van der Waals surface area contributed by atoms with Crippen molar-refractivity contribution in [3.05, 3.63) is 11.9 Å². The van der Waals surface area contributed by atoms with Gasteiger partial charge in [-0.2, -0.15) is 4.98 Å². The number of carboxylic acid groups (broad SMARTS) is 1. The van der Waals surface area contributed by atoms with Crippen molar-refractivity contribution in [2.45, 2.75) is 19.4 Å². The number of piperazine rings is 1. The van der Waals surface area contributed by atoms with Crippen molar-refractivity contribution in [2.24, 2.45) is 0 Å². The van der Waals surface area contributed by atoms with E-state index in [0.717, 1.165) is 0 Å². The van der Waals surface area contributed by atoms with E-state index in [4.69, 9.17) is 9.84 Å². The van der Waals surface area contributed by atoms with Crippen LogP contribution in [0.3, 0.4) is 0 Å². The molecule has 0 aromatic carbocycles. The van der Waals surface area contributed by atoms with E-state index in [-0.39, 0.29) is 12.3 Å². The summed E-state index contributed by atoms with van der Waals surface area (Å²) >= 11 is 0. The second-order valence-corrected chi connectivity index (χ2v) is 4.41. The molecule has 0 aliphatic carbocycles. The third-order valence-electron chi connectivity index (χ3n) is 3.00. The molecule has 1 atom stereocenters. The molecule has 1 aromatic rings. The van der Waals surface area contributed by atoms with Gasteiger partial charge in [0, 0.05) is 19.2 Å². The molecule has 1 amide bonds. The average Bonchev–Trinajstić information content (AvgIpc) is 2.39. The molecule has 20 heavy (non-hydrogen) atoms. The second kappa shape index (κ2) is 5.72. The minimum Gasteiger partial charge on any atom is -0.481 e. The number of carbonyl (C=O) groups is 2. The summed E-state index contributed by atoms with van der Waals surface area (Å²) in [5.41, 5.74) is 0. The minimum atomic E-state index is -1.03. The lowest BCUT2D eigenvalue weighted by Gasteiger charge is -2.35. The van der Waals surface area contributed by atoms with Crippen LogP contribution >= 0.6 is 0 Å². The normalized spacial score (nSPS) is 18.6. The summed E-state index contributed by atoms with van der Waals surface area (Å²) in [7, 11) is 1.49. The van der Waals surface area contributed by atoms with Crippen molar-refractivity contribution >= 4 is 17.7 Å². The van der Waals surface area contributed by atoms with Crippen LogP contribution < -0.4 is 15.0 Å². The van der Waals surface area contributed by atoms with Gasteiger partial charge in [0.2, 0.25) is 11.8 Å². The fourth-order valence-electron chi connectivity index (χ4n) is 2.13. The zero-order valence-electron chi connectivity index (χ0n) is 11.3. The molecule has 0 saturated carbocycles. The first-order valence-corrected chi connectivity index (χ1v) is 6.17. The highest BCUT2D eigenvalue weighted by Crippen LogP contribution is 2.22. The van der Waals surface area contributed by atoms with E-state index in [9.17, 15) is 9.59 Å². The molecule has 8 heteroatoms. The Morgan fingerprint density at radius 3 is 3.00 bits per heavy atom. The van der Waals surface area contributed by atoms with Crippen LogP contribution in [-0.4, -0.2) is 53.2 Å². The van der Waals surface area contributed by atoms with Gasteiger partial charge in [-0.25, -0.2) is 4.98 Å². The molecule has 2 rings (SSSR count). The standard InChI is InChI=1S/C12H16N4O4/c1-7-14-9(6-10(15-7)20-2)16-4-3-13-12(19)8(16)5-11(17)18/h6,8H,3-5H2,1-2H3,(H,13,19)(H,17,18). The maximum absolute atomic E-state index is 11.9. The predicted octanol–water partition coefficient (Wildman–Crippen LogP) is -0.427. The van der Waals surface area contributed by atoms with Gasteiger partial charge in [-0.1, -0.05) is 0 Å². The summed E-state index contributed by atoms with van der Waals surface area (Å²) in [6, 6.07) is 0.820. The van der Waals surface area contributed by atoms with E-state index in [1.54, 1.807) is 17.9 Å². The van der Waals surface area contributed by atoms with E-state index in [1.165, 1.54) is 7.11 Å². The number of carbonyl (C=O) groups excluding carboxylic acids is 1. The summed E-state index contributed by atoms with van der Waals surface area (Å²) in [6.07, 6.45) is -0.281. The Kier molecular flexibility index (Phi) is 4.02. The Bertz CT molecular complexity index is 534. The molecule has 108 valence electrons. The van der Waals surface area contributed by atoms with Gasteiger partial charge in [0.1, 0.15) is 17.7 Å². The number of methoxy groups -OCH3 is 1. The molecular weight excluding hydrogens is 264 g/mol. The topological polar surface area (TPSA) is 105 Å². The smallest absolute Gasteiger partial charge is 0.305 e. The SMILES string of the molecule is COc1cc(N2CCNC(=O)C2CC(=O)O)nc(C)n1. The third kappa shape index (κ3) is 2.95. The summed E-state index contributed by atoms with van der Waals surface area (Å²) in [6.45, 7) is 2.64. The Morgan fingerprint density at radius 2 is 2.35 bits per heavy atom.